The van der Waals surface area contributed by atoms with E-state index in [0.29, 0.717) is 12.1 Å². The fourth-order valence-electron chi connectivity index (χ4n) is 3.57. The monoisotopic (exact) mass is 374 g/mol. The molecular weight excluding hydrogens is 352 g/mol. The van der Waals surface area contributed by atoms with Gasteiger partial charge < -0.3 is 9.88 Å². The highest BCUT2D eigenvalue weighted by molar-refractivity contribution is 6.07. The van der Waals surface area contributed by atoms with Gasteiger partial charge in [0.15, 0.2) is 0 Å². The average Bonchev–Trinajstić information content (AvgIpc) is 3.04. The summed E-state index contributed by atoms with van der Waals surface area (Å²) in [6.07, 6.45) is 1.69. The molecule has 2 aromatic heterocycles. The molecule has 0 bridgehead atoms. The molecule has 4 aromatic rings. The largest absolute Gasteiger partial charge is 0.354 e. The number of nitrogens with zero attached hydrogens (tertiary/aromatic N) is 3. The van der Waals surface area contributed by atoms with Crippen LogP contribution in [0.3, 0.4) is 0 Å². The lowest BCUT2D eigenvalue weighted by Crippen LogP contribution is -2.31. The molecule has 0 aliphatic heterocycles. The third kappa shape index (κ3) is 3.17. The number of carbonyl (C=O) groups is 1. The van der Waals surface area contributed by atoms with E-state index in [0.717, 1.165) is 16.3 Å². The van der Waals surface area contributed by atoms with Gasteiger partial charge in [0.1, 0.15) is 12.1 Å². The Morgan fingerprint density at radius 1 is 1.07 bits per heavy atom. The van der Waals surface area contributed by atoms with Crippen LogP contribution in [0, 0.1) is 0 Å². The Balaban J connectivity index is 1.63. The lowest BCUT2D eigenvalue weighted by atomic mass is 10.0. The Labute approximate surface area is 162 Å². The summed E-state index contributed by atoms with van der Waals surface area (Å²) in [6, 6.07) is 17.8. The van der Waals surface area contributed by atoms with Gasteiger partial charge in [0.2, 0.25) is 5.91 Å². The first-order chi connectivity index (χ1) is 13.6. The molecule has 0 spiro atoms. The smallest absolute Gasteiger partial charge is 0.291 e. The van der Waals surface area contributed by atoms with Crippen LogP contribution in [0.4, 0.5) is 0 Å². The first-order valence-corrected chi connectivity index (χ1v) is 9.31. The normalized spacial score (nSPS) is 12.4. The van der Waals surface area contributed by atoms with Gasteiger partial charge in [0.25, 0.3) is 5.56 Å². The molecule has 0 aliphatic rings. The maximum Gasteiger partial charge on any atom is 0.291 e. The summed E-state index contributed by atoms with van der Waals surface area (Å²) in [4.78, 5) is 25.4. The molecule has 1 N–H and O–H groups in total. The van der Waals surface area contributed by atoms with Crippen molar-refractivity contribution in [1.82, 2.24) is 19.7 Å². The molecule has 0 radical (unpaired) electrons. The summed E-state index contributed by atoms with van der Waals surface area (Å²) in [6.45, 7) is 2.71. The number of aryl methyl sites for hydroxylation is 1. The van der Waals surface area contributed by atoms with Crippen LogP contribution in [-0.2, 0) is 18.4 Å². The van der Waals surface area contributed by atoms with Crippen molar-refractivity contribution in [3.63, 3.8) is 0 Å². The molecule has 6 heteroatoms. The van der Waals surface area contributed by atoms with Crippen LogP contribution >= 0.6 is 0 Å². The standard InChI is InChI=1S/C22H22N4O2/c1-15(16-8-4-3-5-9-16)12-23-20(27)14-26-19-11-7-6-10-17(19)18-13-24-25(2)22(28)21(18)26/h3-11,13,15H,12,14H2,1-2H3,(H,23,27)/t15-/m1/s1. The number of carbonyl (C=O) groups excluding carboxylic acids is 1. The number of amides is 1. The summed E-state index contributed by atoms with van der Waals surface area (Å²) in [5.41, 5.74) is 2.33. The van der Waals surface area contributed by atoms with Gasteiger partial charge >= 0.3 is 0 Å². The first-order valence-electron chi connectivity index (χ1n) is 9.31. The topological polar surface area (TPSA) is 68.9 Å². The van der Waals surface area contributed by atoms with Gasteiger partial charge in [0.05, 0.1) is 6.20 Å². The van der Waals surface area contributed by atoms with Crippen LogP contribution in [-0.4, -0.2) is 26.8 Å². The van der Waals surface area contributed by atoms with Crippen LogP contribution in [0.25, 0.3) is 21.8 Å². The molecule has 4 rings (SSSR count). The Bertz CT molecular complexity index is 1210. The number of hydrogen-bond donors (Lipinski definition) is 1. The number of para-hydroxylation sites is 1. The minimum Gasteiger partial charge on any atom is -0.354 e. The van der Waals surface area contributed by atoms with Crippen LogP contribution in [0.2, 0.25) is 0 Å². The lowest BCUT2D eigenvalue weighted by Gasteiger charge is -2.14. The second kappa shape index (κ2) is 7.31. The minimum atomic E-state index is -0.209. The molecule has 6 nitrogen and oxygen atoms in total. The van der Waals surface area contributed by atoms with Gasteiger partial charge in [0, 0.05) is 29.9 Å². The van der Waals surface area contributed by atoms with Gasteiger partial charge in [-0.2, -0.15) is 5.10 Å². The van der Waals surface area contributed by atoms with Crippen molar-refractivity contribution in [3.05, 3.63) is 76.7 Å². The highest BCUT2D eigenvalue weighted by Crippen LogP contribution is 2.26. The molecule has 1 atom stereocenters. The third-order valence-electron chi connectivity index (χ3n) is 5.14. The maximum absolute atomic E-state index is 12.7. The highest BCUT2D eigenvalue weighted by Gasteiger charge is 2.17. The second-order valence-corrected chi connectivity index (χ2v) is 7.05. The van der Waals surface area contributed by atoms with Crippen molar-refractivity contribution < 1.29 is 4.79 Å². The molecular formula is C22H22N4O2. The number of aromatic nitrogens is 3. The third-order valence-corrected chi connectivity index (χ3v) is 5.14. The molecule has 1 amide bonds. The molecule has 142 valence electrons. The minimum absolute atomic E-state index is 0.0881. The quantitative estimate of drug-likeness (QED) is 0.584. The molecule has 28 heavy (non-hydrogen) atoms. The van der Waals surface area contributed by atoms with E-state index in [1.807, 2.05) is 42.5 Å². The van der Waals surface area contributed by atoms with E-state index in [9.17, 15) is 9.59 Å². The highest BCUT2D eigenvalue weighted by atomic mass is 16.2. The Hall–Kier alpha value is -3.41. The van der Waals surface area contributed by atoms with Crippen molar-refractivity contribution in [2.24, 2.45) is 7.05 Å². The number of benzene rings is 2. The van der Waals surface area contributed by atoms with Crippen molar-refractivity contribution in [2.75, 3.05) is 6.54 Å². The summed E-state index contributed by atoms with van der Waals surface area (Å²) >= 11 is 0. The first kappa shape index (κ1) is 18.0. The zero-order valence-corrected chi connectivity index (χ0v) is 15.9. The number of hydrogen-bond acceptors (Lipinski definition) is 3. The maximum atomic E-state index is 12.7. The van der Waals surface area contributed by atoms with Gasteiger partial charge in [-0.05, 0) is 17.5 Å². The Kier molecular flexibility index (Phi) is 4.69. The summed E-state index contributed by atoms with van der Waals surface area (Å²) < 4.78 is 3.09. The van der Waals surface area contributed by atoms with Gasteiger partial charge in [-0.1, -0.05) is 55.5 Å². The van der Waals surface area contributed by atoms with E-state index in [4.69, 9.17) is 0 Å². The fourth-order valence-corrected chi connectivity index (χ4v) is 3.57. The zero-order valence-electron chi connectivity index (χ0n) is 15.9. The molecule has 2 heterocycles. The van der Waals surface area contributed by atoms with E-state index in [1.54, 1.807) is 17.8 Å². The Morgan fingerprint density at radius 2 is 1.79 bits per heavy atom. The van der Waals surface area contributed by atoms with E-state index in [2.05, 4.69) is 29.5 Å². The molecule has 0 fully saturated rings. The van der Waals surface area contributed by atoms with Crippen molar-refractivity contribution in [1.29, 1.82) is 0 Å². The van der Waals surface area contributed by atoms with Gasteiger partial charge in [-0.25, -0.2) is 4.68 Å². The van der Waals surface area contributed by atoms with Crippen molar-refractivity contribution in [3.8, 4) is 0 Å². The molecule has 0 saturated carbocycles. The van der Waals surface area contributed by atoms with Crippen LogP contribution in [0.15, 0.2) is 65.6 Å². The summed E-state index contributed by atoms with van der Waals surface area (Å²) in [7, 11) is 1.62. The number of nitrogens with one attached hydrogen (secondary N) is 1. The van der Waals surface area contributed by atoms with Crippen molar-refractivity contribution in [2.45, 2.75) is 19.4 Å². The number of rotatable bonds is 5. The Morgan fingerprint density at radius 3 is 2.57 bits per heavy atom. The molecule has 2 aromatic carbocycles. The van der Waals surface area contributed by atoms with Gasteiger partial charge in [-0.3, -0.25) is 9.59 Å². The molecule has 0 unspecified atom stereocenters. The van der Waals surface area contributed by atoms with E-state index >= 15 is 0 Å². The second-order valence-electron chi connectivity index (χ2n) is 7.05. The van der Waals surface area contributed by atoms with Gasteiger partial charge in [-0.15, -0.1) is 0 Å². The van der Waals surface area contributed by atoms with Crippen LogP contribution in [0.1, 0.15) is 18.4 Å². The van der Waals surface area contributed by atoms with Crippen LogP contribution in [0.5, 0.6) is 0 Å². The summed E-state index contributed by atoms with van der Waals surface area (Å²) in [5.74, 6) is 0.0877. The SMILES string of the molecule is C[C@H](CNC(=O)Cn1c2ccccc2c2cnn(C)c(=O)c21)c1ccccc1. The zero-order chi connectivity index (χ0) is 19.7. The molecule has 0 saturated heterocycles. The fraction of sp³-hybridized carbons (Fsp3) is 0.227. The lowest BCUT2D eigenvalue weighted by molar-refractivity contribution is -0.121. The number of fused-ring (bicyclic) bond motifs is 3. The van der Waals surface area contributed by atoms with E-state index in [1.165, 1.54) is 10.2 Å². The van der Waals surface area contributed by atoms with E-state index in [-0.39, 0.29) is 23.9 Å². The average molecular weight is 374 g/mol. The molecule has 0 aliphatic carbocycles. The van der Waals surface area contributed by atoms with Crippen molar-refractivity contribution >= 4 is 27.7 Å². The predicted molar refractivity (Wildman–Crippen MR) is 110 cm³/mol. The predicted octanol–water partition coefficient (Wildman–Crippen LogP) is 2.81. The summed E-state index contributed by atoms with van der Waals surface area (Å²) in [5, 5.41) is 8.82. The van der Waals surface area contributed by atoms with E-state index < -0.39 is 0 Å². The van der Waals surface area contributed by atoms with Crippen LogP contribution < -0.4 is 10.9 Å².